The van der Waals surface area contributed by atoms with Gasteiger partial charge in [-0.2, -0.15) is 39.5 Å². The van der Waals surface area contributed by atoms with Gasteiger partial charge < -0.3 is 5.41 Å². The molecule has 0 aromatic heterocycles. The third-order valence-corrected chi connectivity index (χ3v) is 1.68. The van der Waals surface area contributed by atoms with Crippen molar-refractivity contribution in [3.05, 3.63) is 0 Å². The van der Waals surface area contributed by atoms with Gasteiger partial charge in [0.05, 0.1) is 12.1 Å². The van der Waals surface area contributed by atoms with Crippen LogP contribution in [0.5, 0.6) is 0 Å². The summed E-state index contributed by atoms with van der Waals surface area (Å²) in [4.78, 5) is 10.3. The van der Waals surface area contributed by atoms with Crippen LogP contribution < -0.4 is 0 Å². The average Bonchev–Trinajstić information content (AvgIpc) is 2.07. The average molecular weight is 289 g/mol. The Morgan fingerprint density at radius 3 is 1.56 bits per heavy atom. The number of ketones is 1. The Kier molecular flexibility index (Phi) is 4.42. The first-order chi connectivity index (χ1) is 7.66. The van der Waals surface area contributed by atoms with Crippen LogP contribution in [0.2, 0.25) is 0 Å². The summed E-state index contributed by atoms with van der Waals surface area (Å²) in [6, 6.07) is 0. The molecule has 0 heterocycles. The molecule has 106 valence electrons. The molecule has 1 atom stereocenters. The van der Waals surface area contributed by atoms with Crippen LogP contribution in [-0.2, 0) is 4.79 Å². The monoisotopic (exact) mass is 289 g/mol. The lowest BCUT2D eigenvalue weighted by Crippen LogP contribution is -2.42. The SMILES string of the molecule is N=C(C(=O)C(F)(F)F)C(CC(F)(F)F)C(F)(F)F. The van der Waals surface area contributed by atoms with Gasteiger partial charge in [0.2, 0.25) is 0 Å². The Hall–Kier alpha value is -1.29. The minimum absolute atomic E-state index is 2.67. The molecule has 2 nitrogen and oxygen atoms in total. The molecule has 0 spiro atoms. The number of hydrogen-bond acceptors (Lipinski definition) is 2. The maximum absolute atomic E-state index is 12.1. The fourth-order valence-corrected chi connectivity index (χ4v) is 0.924. The van der Waals surface area contributed by atoms with E-state index in [1.165, 1.54) is 0 Å². The van der Waals surface area contributed by atoms with Crippen molar-refractivity contribution in [3.63, 3.8) is 0 Å². The maximum Gasteiger partial charge on any atom is 0.456 e. The molecule has 0 aliphatic heterocycles. The molecule has 18 heavy (non-hydrogen) atoms. The summed E-state index contributed by atoms with van der Waals surface area (Å²) in [5, 5.41) is 6.35. The normalized spacial score (nSPS) is 15.4. The van der Waals surface area contributed by atoms with Gasteiger partial charge in [-0.15, -0.1) is 0 Å². The summed E-state index contributed by atoms with van der Waals surface area (Å²) in [5.74, 6) is -7.07. The van der Waals surface area contributed by atoms with Gasteiger partial charge in [-0.3, -0.25) is 4.79 Å². The Morgan fingerprint density at radius 2 is 1.33 bits per heavy atom. The van der Waals surface area contributed by atoms with E-state index in [1.54, 1.807) is 0 Å². The summed E-state index contributed by atoms with van der Waals surface area (Å²) in [6.45, 7) is 0. The largest absolute Gasteiger partial charge is 0.456 e. The smallest absolute Gasteiger partial charge is 0.301 e. The van der Waals surface area contributed by atoms with E-state index in [-0.39, 0.29) is 0 Å². The second-order valence-corrected chi connectivity index (χ2v) is 3.15. The van der Waals surface area contributed by atoms with Gasteiger partial charge in [-0.1, -0.05) is 0 Å². The Balaban J connectivity index is 5.25. The van der Waals surface area contributed by atoms with Gasteiger partial charge in [-0.25, -0.2) is 0 Å². The van der Waals surface area contributed by atoms with Gasteiger partial charge in [-0.05, 0) is 0 Å². The summed E-state index contributed by atoms with van der Waals surface area (Å²) in [5.41, 5.74) is -2.67. The van der Waals surface area contributed by atoms with Crippen molar-refractivity contribution in [2.24, 2.45) is 5.92 Å². The van der Waals surface area contributed by atoms with Crippen LogP contribution >= 0.6 is 0 Å². The van der Waals surface area contributed by atoms with E-state index in [1.807, 2.05) is 0 Å². The molecule has 0 radical (unpaired) electrons. The van der Waals surface area contributed by atoms with Crippen LogP contribution in [0.25, 0.3) is 0 Å². The van der Waals surface area contributed by atoms with Gasteiger partial charge >= 0.3 is 18.5 Å². The van der Waals surface area contributed by atoms with E-state index in [2.05, 4.69) is 0 Å². The van der Waals surface area contributed by atoms with E-state index >= 15 is 0 Å². The fourth-order valence-electron chi connectivity index (χ4n) is 0.924. The number of nitrogens with one attached hydrogen (secondary N) is 1. The first-order valence-corrected chi connectivity index (χ1v) is 3.99. The van der Waals surface area contributed by atoms with E-state index < -0.39 is 42.4 Å². The predicted octanol–water partition coefficient (Wildman–Crippen LogP) is 3.27. The number of halogens is 9. The summed E-state index contributed by atoms with van der Waals surface area (Å²) in [6.07, 6.45) is -19.8. The van der Waals surface area contributed by atoms with E-state index in [0.29, 0.717) is 0 Å². The molecule has 0 aliphatic rings. The molecule has 0 aliphatic carbocycles. The minimum Gasteiger partial charge on any atom is -0.301 e. The zero-order chi connectivity index (χ0) is 14.9. The molecule has 1 unspecified atom stereocenters. The third kappa shape index (κ3) is 4.92. The maximum atomic E-state index is 12.1. The van der Waals surface area contributed by atoms with Gasteiger partial charge in [0.1, 0.15) is 5.92 Å². The summed E-state index contributed by atoms with van der Waals surface area (Å²) < 4.78 is 107. The highest BCUT2D eigenvalue weighted by Gasteiger charge is 2.54. The number of Topliss-reactive ketones (excluding diaryl/α,β-unsaturated/α-hetero) is 1. The Labute approximate surface area is 93.3 Å². The Morgan fingerprint density at radius 1 is 0.944 bits per heavy atom. The van der Waals surface area contributed by atoms with Crippen molar-refractivity contribution in [2.75, 3.05) is 0 Å². The van der Waals surface area contributed by atoms with Gasteiger partial charge in [0.15, 0.2) is 0 Å². The molecule has 0 bridgehead atoms. The molecular weight excluding hydrogens is 285 g/mol. The second-order valence-electron chi connectivity index (χ2n) is 3.15. The zero-order valence-corrected chi connectivity index (χ0v) is 8.09. The zero-order valence-electron chi connectivity index (χ0n) is 8.09. The van der Waals surface area contributed by atoms with Crippen LogP contribution in [0.1, 0.15) is 6.42 Å². The van der Waals surface area contributed by atoms with E-state index in [9.17, 15) is 44.3 Å². The molecule has 0 aromatic rings. The van der Waals surface area contributed by atoms with Crippen molar-refractivity contribution in [1.82, 2.24) is 0 Å². The number of hydrogen-bond donors (Lipinski definition) is 1. The first kappa shape index (κ1) is 16.7. The van der Waals surface area contributed by atoms with E-state index in [4.69, 9.17) is 5.41 Å². The topological polar surface area (TPSA) is 40.9 Å². The fraction of sp³-hybridized carbons (Fsp3) is 0.714. The van der Waals surface area contributed by atoms with E-state index in [0.717, 1.165) is 0 Å². The molecule has 0 saturated heterocycles. The molecule has 11 heteroatoms. The van der Waals surface area contributed by atoms with Gasteiger partial charge in [0, 0.05) is 0 Å². The highest BCUT2D eigenvalue weighted by atomic mass is 19.4. The van der Waals surface area contributed by atoms with Crippen molar-refractivity contribution >= 4 is 11.5 Å². The quantitative estimate of drug-likeness (QED) is 0.628. The van der Waals surface area contributed by atoms with Gasteiger partial charge in [0.25, 0.3) is 5.78 Å². The molecule has 0 fully saturated rings. The molecule has 0 saturated carbocycles. The summed E-state index contributed by atoms with van der Waals surface area (Å²) in [7, 11) is 0. The lowest BCUT2D eigenvalue weighted by molar-refractivity contribution is -0.203. The van der Waals surface area contributed by atoms with Crippen LogP contribution in [0.3, 0.4) is 0 Å². The number of carbonyl (C=O) groups is 1. The molecule has 1 N–H and O–H groups in total. The van der Waals surface area contributed by atoms with Crippen molar-refractivity contribution in [2.45, 2.75) is 24.9 Å². The predicted molar refractivity (Wildman–Crippen MR) is 39.0 cm³/mol. The first-order valence-electron chi connectivity index (χ1n) is 3.99. The van der Waals surface area contributed by atoms with Crippen LogP contribution in [-0.4, -0.2) is 30.0 Å². The lowest BCUT2D eigenvalue weighted by Gasteiger charge is -2.22. The molecule has 0 amide bonds. The number of carbonyl (C=O) groups excluding carboxylic acids is 1. The lowest BCUT2D eigenvalue weighted by atomic mass is 9.95. The van der Waals surface area contributed by atoms with Crippen molar-refractivity contribution < 1.29 is 44.3 Å². The van der Waals surface area contributed by atoms with Crippen molar-refractivity contribution in [3.8, 4) is 0 Å². The third-order valence-electron chi connectivity index (χ3n) is 1.68. The minimum atomic E-state index is -5.83. The number of alkyl halides is 9. The standard InChI is InChI=1S/C7H4F9NO/c8-5(9,10)1-2(6(11,12)13)3(17)4(18)7(14,15)16/h2,17H,1H2. The molecular formula is C7H4F9NO. The molecule has 0 rings (SSSR count). The number of rotatable bonds is 3. The second kappa shape index (κ2) is 4.76. The van der Waals surface area contributed by atoms with Crippen molar-refractivity contribution in [1.29, 1.82) is 5.41 Å². The Bertz CT molecular complexity index is 336. The summed E-state index contributed by atoms with van der Waals surface area (Å²) >= 11 is 0. The van der Waals surface area contributed by atoms with Crippen LogP contribution in [0.4, 0.5) is 39.5 Å². The van der Waals surface area contributed by atoms with Crippen LogP contribution in [0, 0.1) is 11.3 Å². The van der Waals surface area contributed by atoms with Crippen LogP contribution in [0.15, 0.2) is 0 Å². The highest BCUT2D eigenvalue weighted by molar-refractivity contribution is 6.41. The molecule has 0 aromatic carbocycles. The highest BCUT2D eigenvalue weighted by Crippen LogP contribution is 2.37.